The fourth-order valence-electron chi connectivity index (χ4n) is 2.36. The maximum absolute atomic E-state index is 12.9. The topological polar surface area (TPSA) is 68.0 Å². The number of hydrogen-bond donors (Lipinski definition) is 1. The Morgan fingerprint density at radius 3 is 2.52 bits per heavy atom. The summed E-state index contributed by atoms with van der Waals surface area (Å²) < 4.78 is 18.4. The Balaban J connectivity index is 1.44. The van der Waals surface area contributed by atoms with Crippen LogP contribution < -0.4 is 5.32 Å². The van der Waals surface area contributed by atoms with Crippen LogP contribution in [0.2, 0.25) is 0 Å². The van der Waals surface area contributed by atoms with Crippen molar-refractivity contribution in [2.24, 2.45) is 0 Å². The van der Waals surface area contributed by atoms with Gasteiger partial charge in [-0.3, -0.25) is 4.79 Å². The fourth-order valence-corrected chi connectivity index (χ4v) is 2.36. The molecule has 128 valence electrons. The van der Waals surface area contributed by atoms with Gasteiger partial charge in [-0.05, 0) is 36.2 Å². The molecule has 0 fully saturated rings. The molecule has 3 rings (SSSR count). The Morgan fingerprint density at radius 1 is 1.00 bits per heavy atom. The van der Waals surface area contributed by atoms with Gasteiger partial charge in [0.1, 0.15) is 5.82 Å². The lowest BCUT2D eigenvalue weighted by molar-refractivity contribution is -0.121. The molecule has 1 heterocycles. The predicted molar refractivity (Wildman–Crippen MR) is 91.2 cm³/mol. The molecule has 0 aliphatic rings. The highest BCUT2D eigenvalue weighted by molar-refractivity contribution is 5.76. The molecule has 1 aromatic heterocycles. The summed E-state index contributed by atoms with van der Waals surface area (Å²) in [5, 5.41) is 10.7. The highest BCUT2D eigenvalue weighted by Crippen LogP contribution is 2.18. The molecular weight excluding hydrogens is 321 g/mol. The van der Waals surface area contributed by atoms with Gasteiger partial charge in [0.25, 0.3) is 0 Å². The van der Waals surface area contributed by atoms with Crippen molar-refractivity contribution < 1.29 is 13.6 Å². The Labute approximate surface area is 144 Å². The molecule has 3 aromatic rings. The minimum atomic E-state index is -0.323. The SMILES string of the molecule is O=C(CCc1nnc(-c2ccc(F)cc2)o1)NCCc1ccccc1. The molecular formula is C19H18FN3O2. The molecule has 2 aromatic carbocycles. The zero-order chi connectivity index (χ0) is 17.5. The van der Waals surface area contributed by atoms with E-state index in [0.717, 1.165) is 6.42 Å². The zero-order valence-electron chi connectivity index (χ0n) is 13.6. The molecule has 0 unspecified atom stereocenters. The zero-order valence-corrected chi connectivity index (χ0v) is 13.6. The first-order valence-electron chi connectivity index (χ1n) is 8.09. The Bertz CT molecular complexity index is 816. The van der Waals surface area contributed by atoms with Crippen molar-refractivity contribution in [3.63, 3.8) is 0 Å². The lowest BCUT2D eigenvalue weighted by Crippen LogP contribution is -2.25. The fraction of sp³-hybridized carbons (Fsp3) is 0.211. The number of amides is 1. The van der Waals surface area contributed by atoms with Crippen LogP contribution in [0.1, 0.15) is 17.9 Å². The highest BCUT2D eigenvalue weighted by atomic mass is 19.1. The second-order valence-electron chi connectivity index (χ2n) is 5.59. The van der Waals surface area contributed by atoms with Gasteiger partial charge >= 0.3 is 0 Å². The van der Waals surface area contributed by atoms with Crippen molar-refractivity contribution in [1.82, 2.24) is 15.5 Å². The lowest BCUT2D eigenvalue weighted by atomic mass is 10.1. The van der Waals surface area contributed by atoms with Crippen molar-refractivity contribution >= 4 is 5.91 Å². The van der Waals surface area contributed by atoms with Crippen molar-refractivity contribution in [2.45, 2.75) is 19.3 Å². The normalized spacial score (nSPS) is 10.6. The Hall–Kier alpha value is -3.02. The van der Waals surface area contributed by atoms with Crippen LogP contribution in [0, 0.1) is 5.82 Å². The van der Waals surface area contributed by atoms with E-state index in [9.17, 15) is 9.18 Å². The van der Waals surface area contributed by atoms with E-state index in [1.807, 2.05) is 30.3 Å². The number of carbonyl (C=O) groups excluding carboxylic acids is 1. The number of rotatable bonds is 7. The minimum Gasteiger partial charge on any atom is -0.421 e. The van der Waals surface area contributed by atoms with E-state index >= 15 is 0 Å². The summed E-state index contributed by atoms with van der Waals surface area (Å²) in [7, 11) is 0. The summed E-state index contributed by atoms with van der Waals surface area (Å²) >= 11 is 0. The van der Waals surface area contributed by atoms with Gasteiger partial charge in [0.2, 0.25) is 17.7 Å². The number of benzene rings is 2. The molecule has 5 nitrogen and oxygen atoms in total. The number of halogens is 1. The molecule has 0 saturated carbocycles. The van der Waals surface area contributed by atoms with Crippen LogP contribution in [0.15, 0.2) is 59.0 Å². The molecule has 0 aliphatic heterocycles. The van der Waals surface area contributed by atoms with Crippen LogP contribution in [0.25, 0.3) is 11.5 Å². The average Bonchev–Trinajstić information content (AvgIpc) is 3.10. The van der Waals surface area contributed by atoms with E-state index < -0.39 is 0 Å². The number of hydrogen-bond acceptors (Lipinski definition) is 4. The largest absolute Gasteiger partial charge is 0.421 e. The molecule has 0 atom stereocenters. The van der Waals surface area contributed by atoms with Gasteiger partial charge in [0.15, 0.2) is 0 Å². The van der Waals surface area contributed by atoms with E-state index in [1.165, 1.54) is 17.7 Å². The molecule has 0 radical (unpaired) electrons. The Kier molecular flexibility index (Phi) is 5.51. The standard InChI is InChI=1S/C19H18FN3O2/c20-16-8-6-15(7-9-16)19-23-22-18(25-19)11-10-17(24)21-13-12-14-4-2-1-3-5-14/h1-9H,10-13H2,(H,21,24). The van der Waals surface area contributed by atoms with Crippen LogP contribution in [-0.4, -0.2) is 22.6 Å². The second-order valence-corrected chi connectivity index (χ2v) is 5.59. The van der Waals surface area contributed by atoms with Gasteiger partial charge < -0.3 is 9.73 Å². The van der Waals surface area contributed by atoms with Gasteiger partial charge in [-0.2, -0.15) is 0 Å². The number of aryl methyl sites for hydroxylation is 1. The number of nitrogens with zero attached hydrogens (tertiary/aromatic N) is 2. The monoisotopic (exact) mass is 339 g/mol. The van der Waals surface area contributed by atoms with Gasteiger partial charge in [0, 0.05) is 24.9 Å². The van der Waals surface area contributed by atoms with E-state index in [1.54, 1.807) is 12.1 Å². The lowest BCUT2D eigenvalue weighted by Gasteiger charge is -2.04. The molecule has 1 N–H and O–H groups in total. The van der Waals surface area contributed by atoms with Crippen molar-refractivity contribution in [1.29, 1.82) is 0 Å². The van der Waals surface area contributed by atoms with Crippen molar-refractivity contribution in [3.8, 4) is 11.5 Å². The van der Waals surface area contributed by atoms with Crippen LogP contribution in [0.3, 0.4) is 0 Å². The van der Waals surface area contributed by atoms with Crippen molar-refractivity contribution in [3.05, 3.63) is 71.9 Å². The van der Waals surface area contributed by atoms with Crippen LogP contribution in [0.4, 0.5) is 4.39 Å². The van der Waals surface area contributed by atoms with Gasteiger partial charge in [-0.25, -0.2) is 4.39 Å². The highest BCUT2D eigenvalue weighted by Gasteiger charge is 2.10. The first kappa shape index (κ1) is 16.8. The predicted octanol–water partition coefficient (Wildman–Crippen LogP) is 3.17. The third kappa shape index (κ3) is 4.97. The molecule has 0 saturated heterocycles. The summed E-state index contributed by atoms with van der Waals surface area (Å²) in [5.74, 6) is 0.324. The number of carbonyl (C=O) groups is 1. The summed E-state index contributed by atoms with van der Waals surface area (Å²) in [6, 6.07) is 15.8. The molecule has 0 spiro atoms. The maximum atomic E-state index is 12.9. The van der Waals surface area contributed by atoms with Gasteiger partial charge in [-0.1, -0.05) is 30.3 Å². The maximum Gasteiger partial charge on any atom is 0.247 e. The molecule has 1 amide bonds. The van der Waals surface area contributed by atoms with Gasteiger partial charge in [0.05, 0.1) is 0 Å². The Morgan fingerprint density at radius 2 is 1.76 bits per heavy atom. The van der Waals surface area contributed by atoms with Crippen LogP contribution in [0.5, 0.6) is 0 Å². The third-order valence-corrected chi connectivity index (χ3v) is 3.70. The molecule has 0 aliphatic carbocycles. The first-order chi connectivity index (χ1) is 12.2. The minimum absolute atomic E-state index is 0.0579. The summed E-state index contributed by atoms with van der Waals surface area (Å²) in [5.41, 5.74) is 1.83. The van der Waals surface area contributed by atoms with Crippen molar-refractivity contribution in [2.75, 3.05) is 6.54 Å². The second kappa shape index (κ2) is 8.19. The number of aromatic nitrogens is 2. The van der Waals surface area contributed by atoms with Crippen LogP contribution >= 0.6 is 0 Å². The summed E-state index contributed by atoms with van der Waals surface area (Å²) in [6.07, 6.45) is 1.44. The van der Waals surface area contributed by atoms with Crippen LogP contribution in [-0.2, 0) is 17.6 Å². The molecule has 0 bridgehead atoms. The quantitative estimate of drug-likeness (QED) is 0.718. The van der Waals surface area contributed by atoms with E-state index in [0.29, 0.717) is 30.3 Å². The van der Waals surface area contributed by atoms with E-state index in [2.05, 4.69) is 15.5 Å². The average molecular weight is 339 g/mol. The van der Waals surface area contributed by atoms with Gasteiger partial charge in [-0.15, -0.1) is 10.2 Å². The summed E-state index contributed by atoms with van der Waals surface area (Å²) in [4.78, 5) is 11.9. The third-order valence-electron chi connectivity index (χ3n) is 3.70. The molecule has 6 heteroatoms. The summed E-state index contributed by atoms with van der Waals surface area (Å²) in [6.45, 7) is 0.591. The van der Waals surface area contributed by atoms with E-state index in [4.69, 9.17) is 4.42 Å². The smallest absolute Gasteiger partial charge is 0.247 e. The first-order valence-corrected chi connectivity index (χ1v) is 8.09. The van der Waals surface area contributed by atoms with E-state index in [-0.39, 0.29) is 18.1 Å². The molecule has 25 heavy (non-hydrogen) atoms. The number of nitrogens with one attached hydrogen (secondary N) is 1.